The molecule has 3 nitrogen and oxygen atoms in total. The summed E-state index contributed by atoms with van der Waals surface area (Å²) < 4.78 is 25.5. The molecule has 0 fully saturated rings. The second kappa shape index (κ2) is 6.54. The predicted octanol–water partition coefficient (Wildman–Crippen LogP) is 2.01. The van der Waals surface area contributed by atoms with Crippen LogP contribution in [0.1, 0.15) is 17.5 Å². The highest BCUT2D eigenvalue weighted by molar-refractivity contribution is 8.00. The summed E-state index contributed by atoms with van der Waals surface area (Å²) in [5, 5.41) is 10.5. The summed E-state index contributed by atoms with van der Waals surface area (Å²) in [4.78, 5) is 12.4. The maximum atomic E-state index is 12.8. The molecule has 0 aliphatic heterocycles. The quantitative estimate of drug-likeness (QED) is 0.790. The predicted molar refractivity (Wildman–Crippen MR) is 74.2 cm³/mol. The number of alkyl halides is 2. The normalized spacial score (nSPS) is 14.2. The Bertz CT molecular complexity index is 494. The lowest BCUT2D eigenvalue weighted by atomic mass is 10.1. The highest BCUT2D eigenvalue weighted by Crippen LogP contribution is 2.27. The smallest absolute Gasteiger partial charge is 0.287 e. The molecule has 1 aliphatic rings. The van der Waals surface area contributed by atoms with Crippen LogP contribution in [0.15, 0.2) is 23.1 Å². The molecule has 110 valence electrons. The van der Waals surface area contributed by atoms with E-state index in [4.69, 9.17) is 5.11 Å². The summed E-state index contributed by atoms with van der Waals surface area (Å²) in [6.07, 6.45) is 3.34. The zero-order valence-corrected chi connectivity index (χ0v) is 11.8. The van der Waals surface area contributed by atoms with Crippen molar-refractivity contribution in [3.8, 4) is 0 Å². The van der Waals surface area contributed by atoms with Gasteiger partial charge in [-0.3, -0.25) is 4.79 Å². The number of nitrogens with one attached hydrogen (secondary N) is 1. The molecule has 0 unspecified atom stereocenters. The molecule has 0 spiro atoms. The third kappa shape index (κ3) is 4.18. The standard InChI is InChI=1S/C14H17F2NO2S/c15-14(16,9-18)8-17-13(19)7-20-12-5-4-10-2-1-3-11(10)6-12/h4-6,18H,1-3,7-9H2,(H,17,19). The van der Waals surface area contributed by atoms with E-state index in [2.05, 4.69) is 17.4 Å². The third-order valence-electron chi connectivity index (χ3n) is 3.22. The number of aliphatic hydroxyl groups excluding tert-OH is 1. The number of thioether (sulfide) groups is 1. The van der Waals surface area contributed by atoms with Crippen molar-refractivity contribution in [1.82, 2.24) is 5.32 Å². The Morgan fingerprint density at radius 1 is 1.35 bits per heavy atom. The molecule has 0 aromatic heterocycles. The van der Waals surface area contributed by atoms with Gasteiger partial charge >= 0.3 is 0 Å². The van der Waals surface area contributed by atoms with Gasteiger partial charge < -0.3 is 10.4 Å². The lowest BCUT2D eigenvalue weighted by Gasteiger charge is -2.13. The van der Waals surface area contributed by atoms with Crippen LogP contribution in [0.25, 0.3) is 0 Å². The van der Waals surface area contributed by atoms with Crippen molar-refractivity contribution in [3.05, 3.63) is 29.3 Å². The van der Waals surface area contributed by atoms with Gasteiger partial charge in [-0.2, -0.15) is 0 Å². The number of aryl methyl sites for hydroxylation is 2. The Morgan fingerprint density at radius 3 is 2.85 bits per heavy atom. The first-order chi connectivity index (χ1) is 9.50. The minimum absolute atomic E-state index is 0.0975. The first kappa shape index (κ1) is 15.3. The molecule has 0 bridgehead atoms. The fourth-order valence-electron chi connectivity index (χ4n) is 2.12. The van der Waals surface area contributed by atoms with Crippen molar-refractivity contribution in [2.24, 2.45) is 0 Å². The Hall–Kier alpha value is -1.14. The van der Waals surface area contributed by atoms with Crippen LogP contribution >= 0.6 is 11.8 Å². The summed E-state index contributed by atoms with van der Waals surface area (Å²) in [7, 11) is 0. The van der Waals surface area contributed by atoms with Crippen LogP contribution in [-0.2, 0) is 17.6 Å². The van der Waals surface area contributed by atoms with Gasteiger partial charge in [-0.1, -0.05) is 6.07 Å². The molecular weight excluding hydrogens is 284 g/mol. The average molecular weight is 301 g/mol. The molecule has 2 N–H and O–H groups in total. The number of hydrogen-bond donors (Lipinski definition) is 2. The van der Waals surface area contributed by atoms with Gasteiger partial charge in [0.1, 0.15) is 6.61 Å². The summed E-state index contributed by atoms with van der Waals surface area (Å²) in [6.45, 7) is -2.08. The van der Waals surface area contributed by atoms with Crippen molar-refractivity contribution >= 4 is 17.7 Å². The van der Waals surface area contributed by atoms with Gasteiger partial charge in [-0.25, -0.2) is 8.78 Å². The van der Waals surface area contributed by atoms with E-state index in [1.807, 2.05) is 6.07 Å². The second-order valence-corrected chi connectivity index (χ2v) is 5.91. The van der Waals surface area contributed by atoms with Gasteiger partial charge in [0.2, 0.25) is 5.91 Å². The van der Waals surface area contributed by atoms with Crippen molar-refractivity contribution in [1.29, 1.82) is 0 Å². The molecule has 0 saturated carbocycles. The summed E-state index contributed by atoms with van der Waals surface area (Å²) >= 11 is 1.33. The monoisotopic (exact) mass is 301 g/mol. The largest absolute Gasteiger partial charge is 0.390 e. The number of benzene rings is 1. The molecule has 0 saturated heterocycles. The fourth-order valence-corrected chi connectivity index (χ4v) is 2.91. The Labute approximate surface area is 120 Å². The molecule has 0 heterocycles. The van der Waals surface area contributed by atoms with Gasteiger partial charge in [-0.15, -0.1) is 11.8 Å². The van der Waals surface area contributed by atoms with E-state index in [-0.39, 0.29) is 5.75 Å². The van der Waals surface area contributed by atoms with Gasteiger partial charge in [0.25, 0.3) is 5.92 Å². The highest BCUT2D eigenvalue weighted by atomic mass is 32.2. The molecule has 1 amide bonds. The van der Waals surface area contributed by atoms with Gasteiger partial charge in [0.15, 0.2) is 0 Å². The number of carbonyl (C=O) groups excluding carboxylic acids is 1. The Balaban J connectivity index is 1.79. The summed E-state index contributed by atoms with van der Waals surface area (Å²) in [5.41, 5.74) is 2.68. The average Bonchev–Trinajstić information content (AvgIpc) is 2.90. The molecule has 1 aromatic rings. The van der Waals surface area contributed by atoms with Crippen molar-refractivity contribution in [2.45, 2.75) is 30.1 Å². The summed E-state index contributed by atoms with van der Waals surface area (Å²) in [6, 6.07) is 6.11. The number of aliphatic hydroxyl groups is 1. The molecule has 1 aliphatic carbocycles. The summed E-state index contributed by atoms with van der Waals surface area (Å²) in [5.74, 6) is -3.61. The van der Waals surface area contributed by atoms with Crippen LogP contribution in [0.3, 0.4) is 0 Å². The molecule has 0 atom stereocenters. The molecule has 20 heavy (non-hydrogen) atoms. The van der Waals surface area contributed by atoms with E-state index in [1.54, 1.807) is 0 Å². The van der Waals surface area contributed by atoms with Crippen molar-refractivity contribution in [2.75, 3.05) is 18.9 Å². The van der Waals surface area contributed by atoms with E-state index < -0.39 is 25.0 Å². The van der Waals surface area contributed by atoms with E-state index in [0.29, 0.717) is 0 Å². The van der Waals surface area contributed by atoms with E-state index in [1.165, 1.54) is 29.3 Å². The minimum Gasteiger partial charge on any atom is -0.390 e. The first-order valence-electron chi connectivity index (χ1n) is 6.50. The zero-order chi connectivity index (χ0) is 14.6. The SMILES string of the molecule is O=C(CSc1ccc2c(c1)CCC2)NCC(F)(F)CO. The second-order valence-electron chi connectivity index (χ2n) is 4.86. The molecule has 6 heteroatoms. The lowest BCUT2D eigenvalue weighted by molar-refractivity contribution is -0.121. The maximum Gasteiger partial charge on any atom is 0.287 e. The third-order valence-corrected chi connectivity index (χ3v) is 4.21. The molecule has 1 aromatic carbocycles. The maximum absolute atomic E-state index is 12.8. The fraction of sp³-hybridized carbons (Fsp3) is 0.500. The van der Waals surface area contributed by atoms with Gasteiger partial charge in [-0.05, 0) is 42.5 Å². The minimum atomic E-state index is -3.26. The van der Waals surface area contributed by atoms with E-state index in [0.717, 1.165) is 17.7 Å². The number of hydrogen-bond acceptors (Lipinski definition) is 3. The molecular formula is C14H17F2NO2S. The highest BCUT2D eigenvalue weighted by Gasteiger charge is 2.28. The molecule has 2 rings (SSSR count). The lowest BCUT2D eigenvalue weighted by Crippen LogP contribution is -2.39. The van der Waals surface area contributed by atoms with Crippen LogP contribution in [0, 0.1) is 0 Å². The van der Waals surface area contributed by atoms with Crippen LogP contribution in [0.2, 0.25) is 0 Å². The van der Waals surface area contributed by atoms with Crippen LogP contribution in [0.5, 0.6) is 0 Å². The number of fused-ring (bicyclic) bond motifs is 1. The topological polar surface area (TPSA) is 49.3 Å². The number of halogens is 2. The number of rotatable bonds is 6. The van der Waals surface area contributed by atoms with Crippen LogP contribution < -0.4 is 5.32 Å². The van der Waals surface area contributed by atoms with Crippen molar-refractivity contribution in [3.63, 3.8) is 0 Å². The number of carbonyl (C=O) groups is 1. The Morgan fingerprint density at radius 2 is 2.10 bits per heavy atom. The van der Waals surface area contributed by atoms with Crippen molar-refractivity contribution < 1.29 is 18.7 Å². The molecule has 0 radical (unpaired) electrons. The number of amides is 1. The van der Waals surface area contributed by atoms with Crippen LogP contribution in [0.4, 0.5) is 8.78 Å². The van der Waals surface area contributed by atoms with E-state index >= 15 is 0 Å². The Kier molecular flexibility index (Phi) is 4.99. The first-order valence-corrected chi connectivity index (χ1v) is 7.49. The van der Waals surface area contributed by atoms with Gasteiger partial charge in [0.05, 0.1) is 12.3 Å². The zero-order valence-electron chi connectivity index (χ0n) is 11.0. The van der Waals surface area contributed by atoms with Crippen LogP contribution in [-0.4, -0.2) is 35.8 Å². The van der Waals surface area contributed by atoms with E-state index in [9.17, 15) is 13.6 Å². The van der Waals surface area contributed by atoms with Gasteiger partial charge in [0, 0.05) is 4.90 Å².